The Morgan fingerprint density at radius 2 is 1.15 bits per heavy atom. The number of unbranched alkanes of at least 4 members (excludes halogenated alkanes) is 4. The minimum Gasteiger partial charge on any atom is -0.489 e. The third-order valence-corrected chi connectivity index (χ3v) is 11.7. The monoisotopic (exact) mass is 812 g/mol. The molecule has 4 atom stereocenters. The molecular formula is C50H60N4O6. The number of hydrogen-bond acceptors (Lipinski definition) is 10. The quantitative estimate of drug-likeness (QED) is 0.0911. The molecule has 6 heterocycles. The standard InChI is InChI=1S/2C25H30N2O3/c1-2-3-4-10-24(21-9-5-6-14-27-21)29-19-11-12-23-20(15-19)22(28)16-25(30-23)18-8-7-13-26-17-18;1-2-3-4-8-24(21-7-5-6-13-27-21)29-19-9-10-23-20(16-19)22(28)17-25(30-23)18-11-14-26-15-12-18/h7-8,11-13,15-17,21,24,27H,2-6,9-10,14H2,1H3;9-12,14-17,21,24,27H,2-8,13H2,1H3. The number of ether oxygens (including phenoxy) is 2. The zero-order valence-electron chi connectivity index (χ0n) is 35.2. The van der Waals surface area contributed by atoms with Crippen LogP contribution >= 0.6 is 0 Å². The van der Waals surface area contributed by atoms with Crippen LogP contribution in [0.3, 0.4) is 0 Å². The topological polar surface area (TPSA) is 129 Å². The number of benzene rings is 2. The normalized spacial score (nSPS) is 17.7. The first-order valence-electron chi connectivity index (χ1n) is 22.3. The van der Waals surface area contributed by atoms with Gasteiger partial charge in [0, 0.05) is 60.1 Å². The molecule has 2 aromatic carbocycles. The van der Waals surface area contributed by atoms with Crippen molar-refractivity contribution in [2.45, 2.75) is 128 Å². The smallest absolute Gasteiger partial charge is 0.193 e. The highest BCUT2D eigenvalue weighted by molar-refractivity contribution is 5.81. The number of nitrogens with one attached hydrogen (secondary N) is 2. The van der Waals surface area contributed by atoms with Crippen molar-refractivity contribution in [2.75, 3.05) is 13.1 Å². The molecule has 0 aliphatic carbocycles. The lowest BCUT2D eigenvalue weighted by atomic mass is 9.96. The molecule has 4 unspecified atom stereocenters. The van der Waals surface area contributed by atoms with Crippen LogP contribution < -0.4 is 31.0 Å². The number of fused-ring (bicyclic) bond motifs is 2. The summed E-state index contributed by atoms with van der Waals surface area (Å²) in [6.07, 6.45) is 23.4. The van der Waals surface area contributed by atoms with Crippen LogP contribution in [-0.2, 0) is 0 Å². The molecule has 2 aliphatic rings. The fourth-order valence-electron chi connectivity index (χ4n) is 8.34. The molecule has 316 valence electrons. The lowest BCUT2D eigenvalue weighted by Gasteiger charge is -2.32. The van der Waals surface area contributed by atoms with Gasteiger partial charge in [0.05, 0.1) is 10.8 Å². The number of rotatable bonds is 16. The second-order valence-corrected chi connectivity index (χ2v) is 16.2. The average Bonchev–Trinajstić information content (AvgIpc) is 3.30. The molecule has 10 heteroatoms. The van der Waals surface area contributed by atoms with Gasteiger partial charge in [-0.15, -0.1) is 0 Å². The molecule has 0 amide bonds. The maximum atomic E-state index is 12.8. The largest absolute Gasteiger partial charge is 0.489 e. The summed E-state index contributed by atoms with van der Waals surface area (Å²) >= 11 is 0. The van der Waals surface area contributed by atoms with Crippen molar-refractivity contribution in [3.05, 3.63) is 118 Å². The predicted octanol–water partition coefficient (Wildman–Crippen LogP) is 10.6. The van der Waals surface area contributed by atoms with E-state index in [1.807, 2.05) is 60.7 Å². The summed E-state index contributed by atoms with van der Waals surface area (Å²) in [5, 5.41) is 8.36. The van der Waals surface area contributed by atoms with Gasteiger partial charge in [-0.1, -0.05) is 52.4 Å². The van der Waals surface area contributed by atoms with E-state index in [0.717, 1.165) is 74.2 Å². The van der Waals surface area contributed by atoms with Crippen LogP contribution in [0.1, 0.15) is 104 Å². The molecular weight excluding hydrogens is 753 g/mol. The van der Waals surface area contributed by atoms with Gasteiger partial charge >= 0.3 is 0 Å². The highest BCUT2D eigenvalue weighted by Gasteiger charge is 2.26. The van der Waals surface area contributed by atoms with Crippen molar-refractivity contribution < 1.29 is 18.3 Å². The Labute approximate surface area is 353 Å². The number of hydrogen-bond donors (Lipinski definition) is 2. The fraction of sp³-hybridized carbons (Fsp3) is 0.440. The van der Waals surface area contributed by atoms with E-state index < -0.39 is 0 Å². The van der Waals surface area contributed by atoms with Gasteiger partial charge in [0.1, 0.15) is 46.4 Å². The van der Waals surface area contributed by atoms with E-state index in [1.54, 1.807) is 30.9 Å². The molecule has 0 saturated carbocycles. The van der Waals surface area contributed by atoms with Crippen molar-refractivity contribution in [1.29, 1.82) is 0 Å². The van der Waals surface area contributed by atoms with Crippen LogP contribution in [0.5, 0.6) is 11.5 Å². The van der Waals surface area contributed by atoms with Gasteiger partial charge in [-0.25, -0.2) is 0 Å². The Bertz CT molecular complexity index is 2190. The Morgan fingerprint density at radius 1 is 0.617 bits per heavy atom. The van der Waals surface area contributed by atoms with Crippen LogP contribution in [0.4, 0.5) is 0 Å². The lowest BCUT2D eigenvalue weighted by Crippen LogP contribution is -2.45. The number of pyridine rings is 2. The minimum atomic E-state index is -0.0705. The number of nitrogens with zero attached hydrogens (tertiary/aromatic N) is 2. The summed E-state index contributed by atoms with van der Waals surface area (Å²) in [7, 11) is 0. The number of aromatic nitrogens is 2. The maximum absolute atomic E-state index is 12.8. The first kappa shape index (κ1) is 42.8. The molecule has 0 bridgehead atoms. The van der Waals surface area contributed by atoms with Crippen molar-refractivity contribution in [3.63, 3.8) is 0 Å². The minimum absolute atomic E-state index is 0.0631. The molecule has 6 aromatic rings. The first-order chi connectivity index (χ1) is 29.5. The third kappa shape index (κ3) is 11.5. The summed E-state index contributed by atoms with van der Waals surface area (Å²) in [5.74, 6) is 2.55. The van der Waals surface area contributed by atoms with E-state index in [9.17, 15) is 9.59 Å². The Hall–Kier alpha value is -5.32. The zero-order chi connectivity index (χ0) is 41.5. The first-order valence-corrected chi connectivity index (χ1v) is 22.3. The van der Waals surface area contributed by atoms with Gasteiger partial charge in [-0.3, -0.25) is 19.6 Å². The second kappa shape index (κ2) is 21.8. The van der Waals surface area contributed by atoms with Crippen LogP contribution in [0.25, 0.3) is 44.6 Å². The third-order valence-electron chi connectivity index (χ3n) is 11.7. The van der Waals surface area contributed by atoms with E-state index in [-0.39, 0.29) is 23.1 Å². The molecule has 8 rings (SSSR count). The van der Waals surface area contributed by atoms with Crippen LogP contribution in [0, 0.1) is 0 Å². The molecule has 2 fully saturated rings. The van der Waals surface area contributed by atoms with Gasteiger partial charge in [0.2, 0.25) is 0 Å². The highest BCUT2D eigenvalue weighted by atomic mass is 16.5. The van der Waals surface area contributed by atoms with Gasteiger partial charge in [-0.2, -0.15) is 0 Å². The average molecular weight is 813 g/mol. The summed E-state index contributed by atoms with van der Waals surface area (Å²) < 4.78 is 24.8. The lowest BCUT2D eigenvalue weighted by molar-refractivity contribution is 0.125. The molecule has 10 nitrogen and oxygen atoms in total. The molecule has 4 aromatic heterocycles. The fourth-order valence-corrected chi connectivity index (χ4v) is 8.34. The highest BCUT2D eigenvalue weighted by Crippen LogP contribution is 2.29. The summed E-state index contributed by atoms with van der Waals surface area (Å²) in [6, 6.07) is 22.3. The van der Waals surface area contributed by atoms with Crippen molar-refractivity contribution in [1.82, 2.24) is 20.6 Å². The summed E-state index contributed by atoms with van der Waals surface area (Å²) in [4.78, 5) is 33.7. The van der Waals surface area contributed by atoms with E-state index in [0.29, 0.717) is 45.5 Å². The number of piperidine rings is 2. The van der Waals surface area contributed by atoms with E-state index >= 15 is 0 Å². The second-order valence-electron chi connectivity index (χ2n) is 16.2. The van der Waals surface area contributed by atoms with Gasteiger partial charge in [0.25, 0.3) is 0 Å². The summed E-state index contributed by atoms with van der Waals surface area (Å²) in [5.41, 5.74) is 2.62. The van der Waals surface area contributed by atoms with E-state index in [2.05, 4.69) is 34.4 Å². The molecule has 2 aliphatic heterocycles. The maximum Gasteiger partial charge on any atom is 0.193 e. The van der Waals surface area contributed by atoms with Crippen LogP contribution in [-0.4, -0.2) is 47.3 Å². The zero-order valence-corrected chi connectivity index (χ0v) is 35.2. The summed E-state index contributed by atoms with van der Waals surface area (Å²) in [6.45, 7) is 6.54. The molecule has 2 N–H and O–H groups in total. The Kier molecular flexibility index (Phi) is 15.5. The Morgan fingerprint density at radius 3 is 1.62 bits per heavy atom. The predicted molar refractivity (Wildman–Crippen MR) is 240 cm³/mol. The van der Waals surface area contributed by atoms with Gasteiger partial charge < -0.3 is 28.9 Å². The van der Waals surface area contributed by atoms with Gasteiger partial charge in [0.15, 0.2) is 10.9 Å². The molecule has 60 heavy (non-hydrogen) atoms. The van der Waals surface area contributed by atoms with Crippen LogP contribution in [0.2, 0.25) is 0 Å². The van der Waals surface area contributed by atoms with Gasteiger partial charge in [-0.05, 0) is 125 Å². The van der Waals surface area contributed by atoms with Crippen LogP contribution in [0.15, 0.2) is 116 Å². The van der Waals surface area contributed by atoms with Crippen molar-refractivity contribution >= 4 is 21.9 Å². The molecule has 0 radical (unpaired) electrons. The van der Waals surface area contributed by atoms with E-state index in [1.165, 1.54) is 57.4 Å². The molecule has 2 saturated heterocycles. The van der Waals surface area contributed by atoms with Crippen molar-refractivity contribution in [3.8, 4) is 34.1 Å². The SMILES string of the molecule is CCCCCC(Oc1ccc2oc(-c3cccnc3)cc(=O)c2c1)C1CCCCN1.CCCCCC(Oc1ccc2oc(-c3ccncc3)cc(=O)c2c1)C1CCCCN1. The Balaban J connectivity index is 0.000000181. The van der Waals surface area contributed by atoms with E-state index in [4.69, 9.17) is 18.3 Å². The molecule has 0 spiro atoms. The van der Waals surface area contributed by atoms with Crippen molar-refractivity contribution in [2.24, 2.45) is 0 Å².